The van der Waals surface area contributed by atoms with Crippen molar-refractivity contribution in [2.45, 2.75) is 56.7 Å². The fourth-order valence-electron chi connectivity index (χ4n) is 2.73. The minimum absolute atomic E-state index is 0.0393. The molecule has 0 aliphatic heterocycles. The third-order valence-electron chi connectivity index (χ3n) is 4.38. The van der Waals surface area contributed by atoms with Crippen LogP contribution in [0.3, 0.4) is 0 Å². The van der Waals surface area contributed by atoms with Gasteiger partial charge in [0.1, 0.15) is 18.1 Å². The molecule has 0 saturated carbocycles. The SMILES string of the molecule is NCCCCC(NC(=O)CN)C(=O)NC(CCCN=C(N)N)C(=O)NC(CC(N)=O)C(=O)O. The van der Waals surface area contributed by atoms with Crippen molar-refractivity contribution in [1.29, 1.82) is 0 Å². The molecule has 0 radical (unpaired) electrons. The highest BCUT2D eigenvalue weighted by atomic mass is 16.4. The number of aliphatic imine (C=N–C) groups is 1. The molecule has 0 aliphatic rings. The second-order valence-electron chi connectivity index (χ2n) is 7.19. The molecular formula is C18H35N9O6. The van der Waals surface area contributed by atoms with E-state index in [2.05, 4.69) is 20.9 Å². The molecule has 3 unspecified atom stereocenters. The lowest BCUT2D eigenvalue weighted by molar-refractivity contribution is -0.143. The average molecular weight is 474 g/mol. The maximum Gasteiger partial charge on any atom is 0.326 e. The van der Waals surface area contributed by atoms with Gasteiger partial charge in [-0.15, -0.1) is 0 Å². The summed E-state index contributed by atoms with van der Waals surface area (Å²) >= 11 is 0. The monoisotopic (exact) mass is 473 g/mol. The molecule has 0 aromatic carbocycles. The van der Waals surface area contributed by atoms with Crippen LogP contribution in [0.5, 0.6) is 0 Å². The second kappa shape index (κ2) is 16.2. The maximum atomic E-state index is 12.8. The number of carboxylic acid groups (broad SMARTS) is 1. The molecule has 0 rings (SSSR count). The summed E-state index contributed by atoms with van der Waals surface area (Å²) in [6.45, 7) is 0.206. The van der Waals surface area contributed by atoms with Gasteiger partial charge in [0.05, 0.1) is 13.0 Å². The third-order valence-corrected chi connectivity index (χ3v) is 4.38. The van der Waals surface area contributed by atoms with Gasteiger partial charge in [0.25, 0.3) is 0 Å². The molecule has 15 heteroatoms. The first-order chi connectivity index (χ1) is 15.5. The number of guanidine groups is 1. The lowest BCUT2D eigenvalue weighted by Gasteiger charge is -2.24. The van der Waals surface area contributed by atoms with Crippen molar-refractivity contribution < 1.29 is 29.1 Å². The summed E-state index contributed by atoms with van der Waals surface area (Å²) in [5.74, 6) is -4.64. The van der Waals surface area contributed by atoms with Crippen molar-refractivity contribution in [2.24, 2.45) is 33.7 Å². The van der Waals surface area contributed by atoms with Crippen LogP contribution in [0, 0.1) is 0 Å². The fraction of sp³-hybridized carbons (Fsp3) is 0.667. The zero-order chi connectivity index (χ0) is 25.4. The van der Waals surface area contributed by atoms with Crippen molar-refractivity contribution in [2.75, 3.05) is 19.6 Å². The second-order valence-corrected chi connectivity index (χ2v) is 7.19. The molecule has 0 heterocycles. The van der Waals surface area contributed by atoms with E-state index in [9.17, 15) is 29.1 Å². The quantitative estimate of drug-likeness (QED) is 0.0554. The van der Waals surface area contributed by atoms with Gasteiger partial charge in [0.15, 0.2) is 5.96 Å². The molecule has 0 fully saturated rings. The number of nitrogens with one attached hydrogen (secondary N) is 3. The minimum Gasteiger partial charge on any atom is -0.480 e. The van der Waals surface area contributed by atoms with Gasteiger partial charge in [0, 0.05) is 6.54 Å². The predicted octanol–water partition coefficient (Wildman–Crippen LogP) is -4.46. The molecule has 15 nitrogen and oxygen atoms in total. The van der Waals surface area contributed by atoms with Crippen LogP contribution < -0.4 is 44.6 Å². The molecule has 0 aromatic heterocycles. The first-order valence-electron chi connectivity index (χ1n) is 10.4. The van der Waals surface area contributed by atoms with Crippen LogP contribution in [-0.2, 0) is 24.0 Å². The van der Waals surface area contributed by atoms with Gasteiger partial charge in [0.2, 0.25) is 23.6 Å². The molecule has 0 bridgehead atoms. The van der Waals surface area contributed by atoms with Crippen molar-refractivity contribution >= 4 is 35.6 Å². The number of hydrogen-bond acceptors (Lipinski definition) is 8. The highest BCUT2D eigenvalue weighted by molar-refractivity contribution is 5.94. The molecule has 33 heavy (non-hydrogen) atoms. The Hall–Kier alpha value is -3.46. The molecule has 14 N–H and O–H groups in total. The molecule has 188 valence electrons. The molecule has 0 saturated heterocycles. The van der Waals surface area contributed by atoms with Crippen LogP contribution in [0.4, 0.5) is 0 Å². The number of carbonyl (C=O) groups excluding carboxylic acids is 4. The van der Waals surface area contributed by atoms with Crippen molar-refractivity contribution in [3.8, 4) is 0 Å². The summed E-state index contributed by atoms with van der Waals surface area (Å²) in [6, 6.07) is -3.76. The zero-order valence-corrected chi connectivity index (χ0v) is 18.4. The molecule has 0 aromatic rings. The van der Waals surface area contributed by atoms with Gasteiger partial charge < -0.3 is 49.7 Å². The van der Waals surface area contributed by atoms with Gasteiger partial charge in [-0.05, 0) is 38.6 Å². The topological polar surface area (TPSA) is 284 Å². The number of aliphatic carboxylic acids is 1. The number of carbonyl (C=O) groups is 5. The number of nitrogens with zero attached hydrogens (tertiary/aromatic N) is 1. The van der Waals surface area contributed by atoms with Gasteiger partial charge in [-0.3, -0.25) is 24.2 Å². The van der Waals surface area contributed by atoms with Crippen LogP contribution in [0.25, 0.3) is 0 Å². The Labute approximate surface area is 191 Å². The van der Waals surface area contributed by atoms with E-state index in [1.54, 1.807) is 0 Å². The summed E-state index contributed by atoms with van der Waals surface area (Å²) in [5, 5.41) is 16.4. The summed E-state index contributed by atoms with van der Waals surface area (Å²) < 4.78 is 0. The van der Waals surface area contributed by atoms with Crippen LogP contribution in [-0.4, -0.2) is 78.4 Å². The number of amides is 4. The molecule has 0 spiro atoms. The lowest BCUT2D eigenvalue weighted by atomic mass is 10.1. The van der Waals surface area contributed by atoms with E-state index in [0.29, 0.717) is 19.4 Å². The fourth-order valence-corrected chi connectivity index (χ4v) is 2.73. The standard InChI is InChI=1S/C18H35N9O6/c19-6-2-1-4-10(25-14(29)9-20)15(30)26-11(5-3-7-24-18(22)23)16(31)27-12(17(32)33)8-13(21)28/h10-12H,1-9,19-20H2,(H2,21,28)(H,25,29)(H,26,30)(H,27,31)(H,32,33)(H4,22,23,24). The van der Waals surface area contributed by atoms with Crippen molar-refractivity contribution in [3.63, 3.8) is 0 Å². The Kier molecular flexibility index (Phi) is 14.5. The smallest absolute Gasteiger partial charge is 0.326 e. The summed E-state index contributed by atoms with van der Waals surface area (Å²) in [7, 11) is 0. The van der Waals surface area contributed by atoms with Crippen molar-refractivity contribution in [3.05, 3.63) is 0 Å². The third kappa shape index (κ3) is 13.5. The Morgan fingerprint density at radius 1 is 0.788 bits per heavy atom. The number of primary amides is 1. The van der Waals surface area contributed by atoms with Crippen LogP contribution in [0.2, 0.25) is 0 Å². The largest absolute Gasteiger partial charge is 0.480 e. The van der Waals surface area contributed by atoms with E-state index < -0.39 is 54.1 Å². The number of hydrogen-bond donors (Lipinski definition) is 9. The van der Waals surface area contributed by atoms with Crippen LogP contribution in [0.1, 0.15) is 38.5 Å². The number of nitrogens with two attached hydrogens (primary N) is 5. The van der Waals surface area contributed by atoms with E-state index in [4.69, 9.17) is 28.7 Å². The van der Waals surface area contributed by atoms with E-state index >= 15 is 0 Å². The molecule has 4 amide bonds. The summed E-state index contributed by atoms with van der Waals surface area (Å²) in [5.41, 5.74) is 26.3. The maximum absolute atomic E-state index is 12.8. The van der Waals surface area contributed by atoms with E-state index in [1.807, 2.05) is 0 Å². The lowest BCUT2D eigenvalue weighted by Crippen LogP contribution is -2.56. The summed E-state index contributed by atoms with van der Waals surface area (Å²) in [4.78, 5) is 63.5. The Bertz CT molecular complexity index is 712. The average Bonchev–Trinajstić information content (AvgIpc) is 2.73. The zero-order valence-electron chi connectivity index (χ0n) is 18.4. The first-order valence-corrected chi connectivity index (χ1v) is 10.4. The van der Waals surface area contributed by atoms with E-state index in [1.165, 1.54) is 0 Å². The Balaban J connectivity index is 5.47. The molecular weight excluding hydrogens is 438 g/mol. The molecule has 3 atom stereocenters. The van der Waals surface area contributed by atoms with Crippen LogP contribution in [0.15, 0.2) is 4.99 Å². The number of rotatable bonds is 17. The van der Waals surface area contributed by atoms with E-state index in [-0.39, 0.29) is 38.3 Å². The summed E-state index contributed by atoms with van der Waals surface area (Å²) in [6.07, 6.45) is 1.05. The van der Waals surface area contributed by atoms with Gasteiger partial charge in [-0.2, -0.15) is 0 Å². The van der Waals surface area contributed by atoms with Gasteiger partial charge in [-0.25, -0.2) is 4.79 Å². The van der Waals surface area contributed by atoms with Gasteiger partial charge in [-0.1, -0.05) is 0 Å². The number of unbranched alkanes of at least 4 members (excludes halogenated alkanes) is 1. The normalized spacial score (nSPS) is 13.2. The van der Waals surface area contributed by atoms with Crippen molar-refractivity contribution in [1.82, 2.24) is 16.0 Å². The molecule has 0 aliphatic carbocycles. The Morgan fingerprint density at radius 2 is 1.33 bits per heavy atom. The highest BCUT2D eigenvalue weighted by Crippen LogP contribution is 2.05. The minimum atomic E-state index is -1.58. The Morgan fingerprint density at radius 3 is 1.82 bits per heavy atom. The highest BCUT2D eigenvalue weighted by Gasteiger charge is 2.29. The predicted molar refractivity (Wildman–Crippen MR) is 119 cm³/mol. The first kappa shape index (κ1) is 29.5. The van der Waals surface area contributed by atoms with Crippen LogP contribution >= 0.6 is 0 Å². The number of carboxylic acids is 1. The van der Waals surface area contributed by atoms with E-state index in [0.717, 1.165) is 0 Å². The van der Waals surface area contributed by atoms with Gasteiger partial charge >= 0.3 is 5.97 Å².